The van der Waals surface area contributed by atoms with Crippen molar-refractivity contribution in [2.24, 2.45) is 0 Å². The average molecular weight is 623 g/mol. The van der Waals surface area contributed by atoms with Gasteiger partial charge in [0.05, 0.1) is 0 Å². The number of rotatable bonds is 4. The fraction of sp³-hybridized carbons (Fsp3) is 0.0588. The summed E-state index contributed by atoms with van der Waals surface area (Å²) in [6.07, 6.45) is 11.6. The number of allylic oxidation sites excluding steroid dienone is 2. The van der Waals surface area contributed by atoms with Gasteiger partial charge in [-0.3, -0.25) is 0 Å². The van der Waals surface area contributed by atoms with E-state index in [9.17, 15) is 0 Å². The first-order valence-electron chi connectivity index (χ1n) is 12.9. The van der Waals surface area contributed by atoms with Crippen LogP contribution in [0.25, 0.3) is 45.3 Å². The van der Waals surface area contributed by atoms with Gasteiger partial charge >= 0.3 is 229 Å². The van der Waals surface area contributed by atoms with E-state index in [-0.39, 0.29) is 24.8 Å². The van der Waals surface area contributed by atoms with E-state index >= 15 is 0 Å². The molecule has 2 aromatic heterocycles. The first-order valence-corrected chi connectivity index (χ1v) is 15.7. The molecule has 2 heterocycles. The third-order valence-electron chi connectivity index (χ3n) is 7.88. The minimum absolute atomic E-state index is 0. The van der Waals surface area contributed by atoms with Crippen LogP contribution in [0.3, 0.4) is 0 Å². The maximum atomic E-state index is 2.56. The predicted octanol–water partition coefficient (Wildman–Crippen LogP) is 2.50. The van der Waals surface area contributed by atoms with Crippen molar-refractivity contribution in [3.05, 3.63) is 144 Å². The number of hydrogen-bond acceptors (Lipinski definition) is 0. The van der Waals surface area contributed by atoms with Crippen molar-refractivity contribution in [3.8, 4) is 5.69 Å². The minimum Gasteiger partial charge on any atom is -1.00 e. The molecular formula is C34H24Cl2N2Zr. The number of para-hydroxylation sites is 2. The molecule has 2 unspecified atom stereocenters. The monoisotopic (exact) mass is 620 g/mol. The van der Waals surface area contributed by atoms with Gasteiger partial charge in [0.2, 0.25) is 0 Å². The molecule has 0 fully saturated rings. The molecule has 6 aromatic rings. The van der Waals surface area contributed by atoms with Gasteiger partial charge in [0.15, 0.2) is 0 Å². The second kappa shape index (κ2) is 10.5. The molecule has 0 spiro atoms. The van der Waals surface area contributed by atoms with E-state index in [2.05, 4.69) is 143 Å². The van der Waals surface area contributed by atoms with Crippen LogP contribution in [0, 0.1) is 0 Å². The molecule has 39 heavy (non-hydrogen) atoms. The SMILES string of the molecule is C1=C[CH]([Zr+2][CH]2C(n3c4ccccc4c4ccccc43)=Cc3ccccc32)c2cccc(-n3cccc3)c21.[Cl-].[Cl-]. The summed E-state index contributed by atoms with van der Waals surface area (Å²) >= 11 is -0.997. The summed E-state index contributed by atoms with van der Waals surface area (Å²) in [5.74, 6) is 0. The molecule has 5 heteroatoms. The van der Waals surface area contributed by atoms with Crippen molar-refractivity contribution < 1.29 is 48.0 Å². The number of halogens is 2. The Morgan fingerprint density at radius 3 is 2.00 bits per heavy atom. The Bertz CT molecular complexity index is 1830. The zero-order valence-corrected chi connectivity index (χ0v) is 25.0. The van der Waals surface area contributed by atoms with Gasteiger partial charge in [0.25, 0.3) is 0 Å². The molecule has 0 aliphatic heterocycles. The van der Waals surface area contributed by atoms with Crippen LogP contribution in [-0.2, 0) is 23.2 Å². The summed E-state index contributed by atoms with van der Waals surface area (Å²) in [5, 5.41) is 2.67. The van der Waals surface area contributed by atoms with Crippen molar-refractivity contribution in [1.82, 2.24) is 9.13 Å². The Hall–Kier alpha value is -3.10. The maximum Gasteiger partial charge on any atom is -1.00 e. The van der Waals surface area contributed by atoms with Crippen LogP contribution in [0.1, 0.15) is 29.5 Å². The summed E-state index contributed by atoms with van der Waals surface area (Å²) in [5.41, 5.74) is 11.1. The van der Waals surface area contributed by atoms with Crippen LogP contribution in [0.2, 0.25) is 0 Å². The number of benzene rings is 4. The van der Waals surface area contributed by atoms with Gasteiger partial charge in [-0.2, -0.15) is 0 Å². The van der Waals surface area contributed by atoms with Crippen molar-refractivity contribution in [2.45, 2.75) is 7.25 Å². The van der Waals surface area contributed by atoms with Gasteiger partial charge in [0.1, 0.15) is 0 Å². The maximum absolute atomic E-state index is 2.56. The van der Waals surface area contributed by atoms with Gasteiger partial charge in [-0.25, -0.2) is 0 Å². The van der Waals surface area contributed by atoms with Crippen molar-refractivity contribution in [1.29, 1.82) is 0 Å². The Balaban J connectivity index is 0.00000138. The average Bonchev–Trinajstić information content (AvgIpc) is 3.74. The van der Waals surface area contributed by atoms with Gasteiger partial charge in [-0.1, -0.05) is 0 Å². The number of fused-ring (bicyclic) bond motifs is 5. The third-order valence-corrected chi connectivity index (χ3v) is 12.3. The van der Waals surface area contributed by atoms with E-state index in [4.69, 9.17) is 0 Å². The van der Waals surface area contributed by atoms with Gasteiger partial charge in [-0.05, 0) is 0 Å². The van der Waals surface area contributed by atoms with Gasteiger partial charge < -0.3 is 24.8 Å². The van der Waals surface area contributed by atoms with E-state index in [1.54, 1.807) is 0 Å². The smallest absolute Gasteiger partial charge is 1.00 e. The molecule has 188 valence electrons. The molecule has 0 amide bonds. The number of nitrogens with zero attached hydrogens (tertiary/aromatic N) is 2. The standard InChI is InChI=1S/C21H14N.C13H10N.2ClH.Zr/c1-2-8-16-14-17(13-15(16)7-1)22-20-11-5-3-9-18(20)19-10-4-6-12-21(19)22;1-2-10-14(9-1)13-8-4-6-11-5-3-7-12(11)13;;;/h1-14H;1-10H;2*1H;/q;;;;+2/p-2. The minimum atomic E-state index is -0.997. The first kappa shape index (κ1) is 26.1. The normalized spacial score (nSPS) is 16.8. The first-order chi connectivity index (χ1) is 18.4. The molecule has 2 aliphatic rings. The molecule has 0 saturated heterocycles. The van der Waals surface area contributed by atoms with Crippen molar-refractivity contribution in [3.63, 3.8) is 0 Å². The second-order valence-electron chi connectivity index (χ2n) is 9.87. The molecule has 0 radical (unpaired) electrons. The molecule has 0 bridgehead atoms. The van der Waals surface area contributed by atoms with E-state index in [1.165, 1.54) is 55.4 Å². The van der Waals surface area contributed by atoms with Crippen LogP contribution < -0.4 is 24.8 Å². The number of aromatic nitrogens is 2. The van der Waals surface area contributed by atoms with Gasteiger partial charge in [0, 0.05) is 0 Å². The van der Waals surface area contributed by atoms with Crippen molar-refractivity contribution in [2.75, 3.05) is 0 Å². The quantitative estimate of drug-likeness (QED) is 0.286. The summed E-state index contributed by atoms with van der Waals surface area (Å²) < 4.78 is 5.83. The van der Waals surface area contributed by atoms with Crippen LogP contribution in [0.15, 0.2) is 122 Å². The summed E-state index contributed by atoms with van der Waals surface area (Å²) in [7, 11) is 0. The molecular weight excluding hydrogens is 599 g/mol. The molecule has 4 aromatic carbocycles. The fourth-order valence-corrected chi connectivity index (χ4v) is 10.7. The molecule has 0 N–H and O–H groups in total. The molecule has 8 rings (SSSR count). The molecule has 0 saturated carbocycles. The zero-order chi connectivity index (χ0) is 24.3. The van der Waals surface area contributed by atoms with Crippen LogP contribution in [-0.4, -0.2) is 9.13 Å². The Labute approximate surface area is 252 Å². The molecule has 2 aliphatic carbocycles. The van der Waals surface area contributed by atoms with E-state index < -0.39 is 23.2 Å². The Morgan fingerprint density at radius 1 is 0.615 bits per heavy atom. The zero-order valence-electron chi connectivity index (χ0n) is 21.0. The van der Waals surface area contributed by atoms with Crippen LogP contribution in [0.5, 0.6) is 0 Å². The van der Waals surface area contributed by atoms with Crippen LogP contribution >= 0.6 is 0 Å². The van der Waals surface area contributed by atoms with E-state index in [0.29, 0.717) is 7.25 Å². The van der Waals surface area contributed by atoms with E-state index in [1.807, 2.05) is 0 Å². The number of hydrogen-bond donors (Lipinski definition) is 0. The van der Waals surface area contributed by atoms with Gasteiger partial charge in [-0.15, -0.1) is 0 Å². The summed E-state index contributed by atoms with van der Waals surface area (Å²) in [4.78, 5) is 0. The third kappa shape index (κ3) is 4.11. The second-order valence-corrected chi connectivity index (χ2v) is 13.6. The molecule has 2 nitrogen and oxygen atoms in total. The van der Waals surface area contributed by atoms with E-state index in [0.717, 1.165) is 0 Å². The predicted molar refractivity (Wildman–Crippen MR) is 150 cm³/mol. The Kier molecular flexibility index (Phi) is 7.02. The van der Waals surface area contributed by atoms with Crippen molar-refractivity contribution >= 4 is 39.7 Å². The topological polar surface area (TPSA) is 9.86 Å². The molecule has 2 atom stereocenters. The summed E-state index contributed by atoms with van der Waals surface area (Å²) in [6, 6.07) is 37.9. The Morgan fingerprint density at radius 2 is 1.26 bits per heavy atom. The fourth-order valence-electron chi connectivity index (χ4n) is 6.24. The largest absolute Gasteiger partial charge is 1.00 e. The summed E-state index contributed by atoms with van der Waals surface area (Å²) in [6.45, 7) is 0. The van der Waals surface area contributed by atoms with Crippen LogP contribution in [0.4, 0.5) is 0 Å².